The lowest BCUT2D eigenvalue weighted by atomic mass is 10.1. The molecule has 0 unspecified atom stereocenters. The molecule has 1 aliphatic rings. The molecule has 2 aromatic rings. The molecule has 0 radical (unpaired) electrons. The summed E-state index contributed by atoms with van der Waals surface area (Å²) < 4.78 is 0. The number of aliphatic hydroxyl groups excluding tert-OH is 1. The van der Waals surface area contributed by atoms with Crippen LogP contribution in [-0.2, 0) is 9.59 Å². The van der Waals surface area contributed by atoms with Crippen LogP contribution in [0.25, 0.3) is 0 Å². The van der Waals surface area contributed by atoms with Crippen LogP contribution in [0.4, 0.5) is 11.4 Å². The van der Waals surface area contributed by atoms with Gasteiger partial charge in [-0.05, 0) is 43.7 Å². The SMILES string of the molecule is Cc1cccc(C(=O)Nc2cc(NC3=CC(=O)N(CCO)C3=O)ccc2C)c1. The molecule has 1 aliphatic heterocycles. The summed E-state index contributed by atoms with van der Waals surface area (Å²) in [6.07, 6.45) is 1.20. The van der Waals surface area contributed by atoms with Gasteiger partial charge in [0.05, 0.1) is 13.2 Å². The number of amides is 3. The number of aryl methyl sites for hydroxylation is 2. The van der Waals surface area contributed by atoms with E-state index >= 15 is 0 Å². The maximum absolute atomic E-state index is 12.5. The molecule has 0 atom stereocenters. The highest BCUT2D eigenvalue weighted by molar-refractivity contribution is 6.17. The summed E-state index contributed by atoms with van der Waals surface area (Å²) in [5.41, 5.74) is 3.68. The molecule has 7 nitrogen and oxygen atoms in total. The van der Waals surface area contributed by atoms with Crippen molar-refractivity contribution in [1.29, 1.82) is 0 Å². The highest BCUT2D eigenvalue weighted by atomic mass is 16.3. The molecule has 1 heterocycles. The zero-order chi connectivity index (χ0) is 20.3. The van der Waals surface area contributed by atoms with Crippen LogP contribution >= 0.6 is 0 Å². The van der Waals surface area contributed by atoms with Crippen molar-refractivity contribution in [2.75, 3.05) is 23.8 Å². The number of rotatable bonds is 6. The van der Waals surface area contributed by atoms with E-state index in [1.165, 1.54) is 6.08 Å². The Morgan fingerprint density at radius 1 is 1.11 bits per heavy atom. The van der Waals surface area contributed by atoms with Crippen LogP contribution in [0.15, 0.2) is 54.2 Å². The van der Waals surface area contributed by atoms with E-state index in [1.807, 2.05) is 32.0 Å². The van der Waals surface area contributed by atoms with Crippen molar-refractivity contribution in [1.82, 2.24) is 4.90 Å². The summed E-state index contributed by atoms with van der Waals surface area (Å²) in [4.78, 5) is 37.6. The Morgan fingerprint density at radius 2 is 1.89 bits per heavy atom. The maximum atomic E-state index is 12.5. The molecule has 7 heteroatoms. The van der Waals surface area contributed by atoms with Crippen LogP contribution in [0, 0.1) is 13.8 Å². The Hall–Kier alpha value is -3.45. The summed E-state index contributed by atoms with van der Waals surface area (Å²) >= 11 is 0. The number of imide groups is 1. The Labute approximate surface area is 162 Å². The van der Waals surface area contributed by atoms with Crippen LogP contribution < -0.4 is 10.6 Å². The highest BCUT2D eigenvalue weighted by Gasteiger charge is 2.30. The number of anilines is 2. The lowest BCUT2D eigenvalue weighted by molar-refractivity contribution is -0.137. The van der Waals surface area contributed by atoms with E-state index in [9.17, 15) is 14.4 Å². The molecule has 0 bridgehead atoms. The largest absolute Gasteiger partial charge is 0.395 e. The van der Waals surface area contributed by atoms with Crippen molar-refractivity contribution in [3.05, 3.63) is 70.9 Å². The summed E-state index contributed by atoms with van der Waals surface area (Å²) in [7, 11) is 0. The number of aliphatic hydroxyl groups is 1. The van der Waals surface area contributed by atoms with Gasteiger partial charge < -0.3 is 15.7 Å². The minimum absolute atomic E-state index is 0.0506. The topological polar surface area (TPSA) is 98.7 Å². The first kappa shape index (κ1) is 19.3. The van der Waals surface area contributed by atoms with E-state index in [-0.39, 0.29) is 24.8 Å². The van der Waals surface area contributed by atoms with Crippen molar-refractivity contribution in [2.24, 2.45) is 0 Å². The third kappa shape index (κ3) is 4.10. The molecule has 0 saturated heterocycles. The molecule has 2 aromatic carbocycles. The lowest BCUT2D eigenvalue weighted by Crippen LogP contribution is -2.34. The fourth-order valence-electron chi connectivity index (χ4n) is 2.88. The van der Waals surface area contributed by atoms with Gasteiger partial charge in [0.2, 0.25) is 0 Å². The van der Waals surface area contributed by atoms with Gasteiger partial charge in [0.1, 0.15) is 5.70 Å². The number of nitrogens with zero attached hydrogens (tertiary/aromatic N) is 1. The van der Waals surface area contributed by atoms with Gasteiger partial charge in [-0.15, -0.1) is 0 Å². The van der Waals surface area contributed by atoms with Gasteiger partial charge in [-0.25, -0.2) is 0 Å². The first-order valence-corrected chi connectivity index (χ1v) is 8.83. The van der Waals surface area contributed by atoms with Crippen LogP contribution in [0.1, 0.15) is 21.5 Å². The highest BCUT2D eigenvalue weighted by Crippen LogP contribution is 2.24. The van der Waals surface area contributed by atoms with Crippen LogP contribution in [0.5, 0.6) is 0 Å². The van der Waals surface area contributed by atoms with Crippen molar-refractivity contribution < 1.29 is 19.5 Å². The Kier molecular flexibility index (Phi) is 5.56. The molecule has 3 N–H and O–H groups in total. The number of carbonyl (C=O) groups is 3. The predicted octanol–water partition coefficient (Wildman–Crippen LogP) is 2.21. The Morgan fingerprint density at radius 3 is 2.61 bits per heavy atom. The maximum Gasteiger partial charge on any atom is 0.277 e. The van der Waals surface area contributed by atoms with E-state index < -0.39 is 11.8 Å². The summed E-state index contributed by atoms with van der Waals surface area (Å²) in [5.74, 6) is -1.20. The number of nitrogens with one attached hydrogen (secondary N) is 2. The molecular weight excluding hydrogens is 358 g/mol. The van der Waals surface area contributed by atoms with Crippen molar-refractivity contribution >= 4 is 29.1 Å². The summed E-state index contributed by atoms with van der Waals surface area (Å²) in [6, 6.07) is 12.5. The van der Waals surface area contributed by atoms with Gasteiger partial charge in [0.15, 0.2) is 0 Å². The number of hydrogen-bond acceptors (Lipinski definition) is 5. The molecule has 3 amide bonds. The molecule has 28 heavy (non-hydrogen) atoms. The molecule has 0 saturated carbocycles. The number of β-amino-alcohol motifs (C(OH)–C–C–N with tert-alkyl or cyclic N) is 1. The van der Waals surface area contributed by atoms with Gasteiger partial charge in [-0.3, -0.25) is 19.3 Å². The normalized spacial score (nSPS) is 13.5. The Balaban J connectivity index is 1.77. The van der Waals surface area contributed by atoms with E-state index in [4.69, 9.17) is 5.11 Å². The van der Waals surface area contributed by atoms with Gasteiger partial charge in [0, 0.05) is 23.0 Å². The predicted molar refractivity (Wildman–Crippen MR) is 106 cm³/mol. The van der Waals surface area contributed by atoms with Crippen LogP contribution in [0.3, 0.4) is 0 Å². The summed E-state index contributed by atoms with van der Waals surface area (Å²) in [6.45, 7) is 3.44. The molecule has 0 aliphatic carbocycles. The third-order valence-electron chi connectivity index (χ3n) is 4.38. The fourth-order valence-corrected chi connectivity index (χ4v) is 2.88. The smallest absolute Gasteiger partial charge is 0.277 e. The van der Waals surface area contributed by atoms with Gasteiger partial charge in [0.25, 0.3) is 17.7 Å². The molecule has 3 rings (SSSR count). The molecular formula is C21H21N3O4. The van der Waals surface area contributed by atoms with Crippen LogP contribution in [0.2, 0.25) is 0 Å². The zero-order valence-corrected chi connectivity index (χ0v) is 15.7. The second kappa shape index (κ2) is 8.06. The van der Waals surface area contributed by atoms with Gasteiger partial charge >= 0.3 is 0 Å². The quantitative estimate of drug-likeness (QED) is 0.669. The number of carbonyl (C=O) groups excluding carboxylic acids is 3. The zero-order valence-electron chi connectivity index (χ0n) is 15.7. The first-order chi connectivity index (χ1) is 13.4. The molecule has 144 valence electrons. The molecule has 0 fully saturated rings. The first-order valence-electron chi connectivity index (χ1n) is 8.83. The summed E-state index contributed by atoms with van der Waals surface area (Å²) in [5, 5.41) is 14.8. The third-order valence-corrected chi connectivity index (χ3v) is 4.38. The van der Waals surface area contributed by atoms with E-state index in [0.29, 0.717) is 16.9 Å². The lowest BCUT2D eigenvalue weighted by Gasteiger charge is -2.15. The van der Waals surface area contributed by atoms with Crippen LogP contribution in [-0.4, -0.2) is 40.9 Å². The monoisotopic (exact) mass is 379 g/mol. The van der Waals surface area contributed by atoms with Gasteiger partial charge in [-0.1, -0.05) is 23.8 Å². The molecule has 0 aromatic heterocycles. The second-order valence-electron chi connectivity index (χ2n) is 6.55. The minimum Gasteiger partial charge on any atom is -0.395 e. The van der Waals surface area contributed by atoms with Crippen molar-refractivity contribution in [3.8, 4) is 0 Å². The van der Waals surface area contributed by atoms with Crippen molar-refractivity contribution in [3.63, 3.8) is 0 Å². The fraction of sp³-hybridized carbons (Fsp3) is 0.190. The number of benzene rings is 2. The number of hydrogen-bond donors (Lipinski definition) is 3. The van der Waals surface area contributed by atoms with Gasteiger partial charge in [-0.2, -0.15) is 0 Å². The standard InChI is InChI=1S/C21H21N3O4/c1-13-4-3-5-15(10-13)20(27)23-17-11-16(7-6-14(17)2)22-18-12-19(26)24(8-9-25)21(18)28/h3-7,10-12,22,25H,8-9H2,1-2H3,(H,23,27). The Bertz CT molecular complexity index is 981. The average Bonchev–Trinajstić information content (AvgIpc) is 2.92. The van der Waals surface area contributed by atoms with E-state index in [0.717, 1.165) is 16.0 Å². The van der Waals surface area contributed by atoms with E-state index in [2.05, 4.69) is 10.6 Å². The minimum atomic E-state index is -0.495. The average molecular weight is 379 g/mol. The van der Waals surface area contributed by atoms with Crippen molar-refractivity contribution in [2.45, 2.75) is 13.8 Å². The molecule has 0 spiro atoms. The van der Waals surface area contributed by atoms with E-state index in [1.54, 1.807) is 24.3 Å². The second-order valence-corrected chi connectivity index (χ2v) is 6.55.